The first-order valence-electron chi connectivity index (χ1n) is 7.25. The van der Waals surface area contributed by atoms with Crippen molar-refractivity contribution in [1.29, 1.82) is 0 Å². The zero-order chi connectivity index (χ0) is 16.2. The van der Waals surface area contributed by atoms with E-state index in [2.05, 4.69) is 0 Å². The van der Waals surface area contributed by atoms with E-state index in [0.717, 1.165) is 0 Å². The normalized spacial score (nSPS) is 10.3. The third-order valence-electron chi connectivity index (χ3n) is 3.55. The first kappa shape index (κ1) is 14.7. The smallest absolute Gasteiger partial charge is 0.193 e. The average Bonchev–Trinajstić information content (AvgIpc) is 2.61. The Bertz CT molecular complexity index is 786. The second kappa shape index (κ2) is 6.28. The summed E-state index contributed by atoms with van der Waals surface area (Å²) in [6, 6.07) is 22.6. The molecule has 23 heavy (non-hydrogen) atoms. The minimum absolute atomic E-state index is 0.153. The van der Waals surface area contributed by atoms with Gasteiger partial charge in [0.15, 0.2) is 11.6 Å². The van der Waals surface area contributed by atoms with Gasteiger partial charge >= 0.3 is 0 Å². The summed E-state index contributed by atoms with van der Waals surface area (Å²) in [6.45, 7) is 0. The van der Waals surface area contributed by atoms with Gasteiger partial charge in [0, 0.05) is 27.9 Å². The minimum Gasteiger partial charge on any atom is -0.399 e. The standard InChI is InChI=1S/C20H15NO2/c21-18-12-16(19(22)14-7-3-1-4-8-14)11-17(13-18)20(23)15-9-5-2-6-10-15/h1-13H,21H2. The zero-order valence-corrected chi connectivity index (χ0v) is 12.4. The molecule has 0 radical (unpaired) electrons. The topological polar surface area (TPSA) is 60.2 Å². The molecule has 0 fully saturated rings. The van der Waals surface area contributed by atoms with Crippen molar-refractivity contribution in [2.75, 3.05) is 5.73 Å². The molecule has 3 aromatic rings. The van der Waals surface area contributed by atoms with Crippen LogP contribution in [0, 0.1) is 0 Å². The molecule has 112 valence electrons. The van der Waals surface area contributed by atoms with Gasteiger partial charge in [-0.2, -0.15) is 0 Å². The third kappa shape index (κ3) is 3.19. The SMILES string of the molecule is Nc1cc(C(=O)c2ccccc2)cc(C(=O)c2ccccc2)c1. The van der Waals surface area contributed by atoms with Crippen molar-refractivity contribution < 1.29 is 9.59 Å². The van der Waals surface area contributed by atoms with Gasteiger partial charge < -0.3 is 5.73 Å². The Morgan fingerprint density at radius 3 is 1.35 bits per heavy atom. The molecule has 0 saturated heterocycles. The van der Waals surface area contributed by atoms with Crippen LogP contribution < -0.4 is 5.73 Å². The van der Waals surface area contributed by atoms with Crippen LogP contribution in [0.15, 0.2) is 78.9 Å². The Morgan fingerprint density at radius 2 is 0.957 bits per heavy atom. The summed E-state index contributed by atoms with van der Waals surface area (Å²) < 4.78 is 0. The van der Waals surface area contributed by atoms with Crippen LogP contribution in [0.5, 0.6) is 0 Å². The molecule has 3 nitrogen and oxygen atoms in total. The molecule has 3 rings (SSSR count). The number of carbonyl (C=O) groups excluding carboxylic acids is 2. The lowest BCUT2D eigenvalue weighted by Gasteiger charge is -2.07. The highest BCUT2D eigenvalue weighted by Gasteiger charge is 2.14. The van der Waals surface area contributed by atoms with Crippen LogP contribution in [0.4, 0.5) is 5.69 Å². The summed E-state index contributed by atoms with van der Waals surface area (Å²) in [6.07, 6.45) is 0. The fourth-order valence-electron chi connectivity index (χ4n) is 2.43. The summed E-state index contributed by atoms with van der Waals surface area (Å²) in [4.78, 5) is 25.1. The van der Waals surface area contributed by atoms with Crippen molar-refractivity contribution in [2.45, 2.75) is 0 Å². The fourth-order valence-corrected chi connectivity index (χ4v) is 2.43. The van der Waals surface area contributed by atoms with E-state index in [9.17, 15) is 9.59 Å². The van der Waals surface area contributed by atoms with Gasteiger partial charge in [0.2, 0.25) is 0 Å². The number of hydrogen-bond donors (Lipinski definition) is 1. The molecule has 0 aliphatic rings. The van der Waals surface area contributed by atoms with Crippen molar-refractivity contribution in [2.24, 2.45) is 0 Å². The number of hydrogen-bond acceptors (Lipinski definition) is 3. The van der Waals surface area contributed by atoms with E-state index < -0.39 is 0 Å². The van der Waals surface area contributed by atoms with Gasteiger partial charge in [0.25, 0.3) is 0 Å². The highest BCUT2D eigenvalue weighted by Crippen LogP contribution is 2.19. The van der Waals surface area contributed by atoms with Crippen molar-refractivity contribution in [1.82, 2.24) is 0 Å². The van der Waals surface area contributed by atoms with Crippen LogP contribution in [-0.4, -0.2) is 11.6 Å². The Kier molecular flexibility index (Phi) is 4.02. The number of anilines is 1. The highest BCUT2D eigenvalue weighted by atomic mass is 16.1. The first-order chi connectivity index (χ1) is 11.1. The van der Waals surface area contributed by atoms with Gasteiger partial charge in [-0.25, -0.2) is 0 Å². The van der Waals surface area contributed by atoms with Gasteiger partial charge in [-0.15, -0.1) is 0 Å². The Labute approximate surface area is 134 Å². The molecule has 0 saturated carbocycles. The summed E-state index contributed by atoms with van der Waals surface area (Å²) in [5, 5.41) is 0. The summed E-state index contributed by atoms with van der Waals surface area (Å²) >= 11 is 0. The minimum atomic E-state index is -0.153. The van der Waals surface area contributed by atoms with E-state index in [1.165, 1.54) is 0 Å². The number of carbonyl (C=O) groups is 2. The first-order valence-corrected chi connectivity index (χ1v) is 7.25. The number of nitrogens with two attached hydrogens (primary N) is 1. The van der Waals surface area contributed by atoms with E-state index in [-0.39, 0.29) is 11.6 Å². The quantitative estimate of drug-likeness (QED) is 0.590. The molecule has 0 aliphatic heterocycles. The van der Waals surface area contributed by atoms with Crippen LogP contribution in [-0.2, 0) is 0 Å². The van der Waals surface area contributed by atoms with Crippen LogP contribution in [0.25, 0.3) is 0 Å². The molecular formula is C20H15NO2. The molecule has 0 aromatic heterocycles. The predicted molar refractivity (Wildman–Crippen MR) is 90.6 cm³/mol. The Balaban J connectivity index is 2.00. The largest absolute Gasteiger partial charge is 0.399 e. The summed E-state index contributed by atoms with van der Waals surface area (Å²) in [5.41, 5.74) is 8.24. The number of nitrogen functional groups attached to an aromatic ring is 1. The van der Waals surface area contributed by atoms with Crippen LogP contribution in [0.1, 0.15) is 31.8 Å². The highest BCUT2D eigenvalue weighted by molar-refractivity contribution is 6.13. The molecule has 0 bridgehead atoms. The van der Waals surface area contributed by atoms with Gasteiger partial charge in [-0.3, -0.25) is 9.59 Å². The van der Waals surface area contributed by atoms with Crippen LogP contribution in [0.3, 0.4) is 0 Å². The van der Waals surface area contributed by atoms with Crippen molar-refractivity contribution in [3.8, 4) is 0 Å². The monoisotopic (exact) mass is 301 g/mol. The summed E-state index contributed by atoms with van der Waals surface area (Å²) in [5.74, 6) is -0.306. The molecule has 3 aromatic carbocycles. The molecule has 0 heterocycles. The van der Waals surface area contributed by atoms with E-state index in [1.807, 2.05) is 12.1 Å². The van der Waals surface area contributed by atoms with E-state index in [1.54, 1.807) is 66.7 Å². The fraction of sp³-hybridized carbons (Fsp3) is 0. The summed E-state index contributed by atoms with van der Waals surface area (Å²) in [7, 11) is 0. The van der Waals surface area contributed by atoms with Gasteiger partial charge in [0.1, 0.15) is 0 Å². The van der Waals surface area contributed by atoms with Crippen molar-refractivity contribution in [3.05, 3.63) is 101 Å². The molecule has 0 spiro atoms. The number of benzene rings is 3. The van der Waals surface area contributed by atoms with Gasteiger partial charge in [-0.05, 0) is 18.2 Å². The van der Waals surface area contributed by atoms with Gasteiger partial charge in [-0.1, -0.05) is 60.7 Å². The third-order valence-corrected chi connectivity index (χ3v) is 3.55. The molecule has 2 N–H and O–H groups in total. The molecule has 0 aliphatic carbocycles. The maximum Gasteiger partial charge on any atom is 0.193 e. The van der Waals surface area contributed by atoms with Gasteiger partial charge in [0.05, 0.1) is 0 Å². The van der Waals surface area contributed by atoms with Crippen LogP contribution >= 0.6 is 0 Å². The predicted octanol–water partition coefficient (Wildman–Crippen LogP) is 3.73. The average molecular weight is 301 g/mol. The molecule has 0 amide bonds. The zero-order valence-electron chi connectivity index (χ0n) is 12.4. The number of rotatable bonds is 4. The second-order valence-electron chi connectivity index (χ2n) is 5.23. The number of ketones is 2. The molecular weight excluding hydrogens is 286 g/mol. The molecule has 0 unspecified atom stereocenters. The van der Waals surface area contributed by atoms with E-state index >= 15 is 0 Å². The second-order valence-corrected chi connectivity index (χ2v) is 5.23. The molecule has 0 atom stereocenters. The lowest BCUT2D eigenvalue weighted by molar-refractivity contribution is 0.103. The Morgan fingerprint density at radius 1 is 0.565 bits per heavy atom. The van der Waals surface area contributed by atoms with Crippen molar-refractivity contribution >= 4 is 17.3 Å². The maximum absolute atomic E-state index is 12.5. The van der Waals surface area contributed by atoms with Crippen LogP contribution in [0.2, 0.25) is 0 Å². The Hall–Kier alpha value is -3.20. The maximum atomic E-state index is 12.5. The lowest BCUT2D eigenvalue weighted by atomic mass is 9.97. The molecule has 3 heteroatoms. The van der Waals surface area contributed by atoms with E-state index in [4.69, 9.17) is 5.73 Å². The van der Waals surface area contributed by atoms with Crippen molar-refractivity contribution in [3.63, 3.8) is 0 Å². The van der Waals surface area contributed by atoms with E-state index in [0.29, 0.717) is 27.9 Å². The lowest BCUT2D eigenvalue weighted by Crippen LogP contribution is -2.07.